The summed E-state index contributed by atoms with van der Waals surface area (Å²) < 4.78 is 4.73. The van der Waals surface area contributed by atoms with Crippen molar-refractivity contribution in [3.8, 4) is 0 Å². The van der Waals surface area contributed by atoms with Gasteiger partial charge in [-0.05, 0) is 68.6 Å². The van der Waals surface area contributed by atoms with Crippen molar-refractivity contribution in [3.63, 3.8) is 0 Å². The van der Waals surface area contributed by atoms with E-state index in [0.717, 1.165) is 17.8 Å². The van der Waals surface area contributed by atoms with Crippen LogP contribution in [0.4, 0.5) is 10.6 Å². The summed E-state index contributed by atoms with van der Waals surface area (Å²) in [5, 5.41) is 9.58. The van der Waals surface area contributed by atoms with Crippen molar-refractivity contribution in [2.24, 2.45) is 23.2 Å². The summed E-state index contributed by atoms with van der Waals surface area (Å²) in [5.74, 6) is 3.17. The van der Waals surface area contributed by atoms with Crippen LogP contribution in [0.1, 0.15) is 45.4 Å². The zero-order valence-corrected chi connectivity index (χ0v) is 12.5. The van der Waals surface area contributed by atoms with Crippen molar-refractivity contribution < 1.29 is 9.32 Å². The third-order valence-electron chi connectivity index (χ3n) is 6.03. The summed E-state index contributed by atoms with van der Waals surface area (Å²) in [6.07, 6.45) is 9.63. The van der Waals surface area contributed by atoms with Gasteiger partial charge in [-0.1, -0.05) is 5.16 Å². The predicted octanol–water partition coefficient (Wildman–Crippen LogP) is 3.40. The van der Waals surface area contributed by atoms with Crippen molar-refractivity contribution in [1.29, 1.82) is 0 Å². The highest BCUT2D eigenvalue weighted by Gasteiger charge is 2.53. The van der Waals surface area contributed by atoms with E-state index in [2.05, 4.69) is 22.7 Å². The van der Waals surface area contributed by atoms with Crippen LogP contribution in [-0.4, -0.2) is 17.2 Å². The SMILES string of the molecule is CC(NC(=O)Nc1ccon1)C12CC3CC(CC(C3)C1)C2. The van der Waals surface area contributed by atoms with Crippen LogP contribution in [0.3, 0.4) is 0 Å². The second kappa shape index (κ2) is 4.75. The lowest BCUT2D eigenvalue weighted by Gasteiger charge is -2.59. The Balaban J connectivity index is 1.42. The van der Waals surface area contributed by atoms with E-state index in [-0.39, 0.29) is 12.1 Å². The van der Waals surface area contributed by atoms with Crippen LogP contribution in [-0.2, 0) is 0 Å². The highest BCUT2D eigenvalue weighted by Crippen LogP contribution is 2.61. The molecule has 2 N–H and O–H groups in total. The molecule has 4 fully saturated rings. The Labute approximate surface area is 124 Å². The topological polar surface area (TPSA) is 67.2 Å². The number of nitrogens with zero attached hydrogens (tertiary/aromatic N) is 1. The Hall–Kier alpha value is -1.52. The Morgan fingerprint density at radius 1 is 1.29 bits per heavy atom. The van der Waals surface area contributed by atoms with E-state index < -0.39 is 0 Å². The molecule has 1 aromatic rings. The normalized spacial score (nSPS) is 38.2. The van der Waals surface area contributed by atoms with E-state index in [1.165, 1.54) is 44.8 Å². The van der Waals surface area contributed by atoms with Crippen LogP contribution in [0.2, 0.25) is 0 Å². The maximum atomic E-state index is 12.1. The minimum atomic E-state index is -0.174. The molecule has 0 spiro atoms. The Kier molecular flexibility index (Phi) is 2.98. The first-order chi connectivity index (χ1) is 10.1. The summed E-state index contributed by atoms with van der Waals surface area (Å²) in [4.78, 5) is 12.1. The van der Waals surface area contributed by atoms with Crippen LogP contribution in [0.25, 0.3) is 0 Å². The highest BCUT2D eigenvalue weighted by atomic mass is 16.5. The molecule has 0 saturated heterocycles. The molecule has 1 atom stereocenters. The lowest BCUT2D eigenvalue weighted by Crippen LogP contribution is -2.56. The van der Waals surface area contributed by atoms with Crippen molar-refractivity contribution >= 4 is 11.8 Å². The van der Waals surface area contributed by atoms with Crippen LogP contribution < -0.4 is 10.6 Å². The number of nitrogens with one attached hydrogen (secondary N) is 2. The summed E-state index contributed by atoms with van der Waals surface area (Å²) in [7, 11) is 0. The molecule has 5 rings (SSSR count). The number of hydrogen-bond acceptors (Lipinski definition) is 3. The van der Waals surface area contributed by atoms with Gasteiger partial charge in [0, 0.05) is 12.1 Å². The first-order valence-corrected chi connectivity index (χ1v) is 8.11. The molecule has 1 unspecified atom stereocenters. The van der Waals surface area contributed by atoms with Crippen molar-refractivity contribution in [3.05, 3.63) is 12.3 Å². The summed E-state index contributed by atoms with van der Waals surface area (Å²) >= 11 is 0. The number of amides is 2. The standard InChI is InChI=1S/C16H23N3O2/c1-10(17-15(20)18-14-2-3-21-19-14)16-7-11-4-12(8-16)6-13(5-11)9-16/h2-3,10-13H,4-9H2,1H3,(H2,17,18,19,20). The van der Waals surface area contributed by atoms with Gasteiger partial charge in [0.05, 0.1) is 0 Å². The molecule has 114 valence electrons. The number of aromatic nitrogens is 1. The number of hydrogen-bond donors (Lipinski definition) is 2. The second-order valence-corrected chi connectivity index (χ2v) is 7.48. The highest BCUT2D eigenvalue weighted by molar-refractivity contribution is 5.88. The van der Waals surface area contributed by atoms with Crippen molar-refractivity contribution in [2.75, 3.05) is 5.32 Å². The summed E-state index contributed by atoms with van der Waals surface area (Å²) in [5.41, 5.74) is 0.329. The van der Waals surface area contributed by atoms with E-state index in [0.29, 0.717) is 11.2 Å². The van der Waals surface area contributed by atoms with Gasteiger partial charge >= 0.3 is 6.03 Å². The van der Waals surface area contributed by atoms with E-state index in [1.807, 2.05) is 0 Å². The zero-order chi connectivity index (χ0) is 14.4. The Morgan fingerprint density at radius 2 is 1.90 bits per heavy atom. The molecule has 5 nitrogen and oxygen atoms in total. The second-order valence-electron chi connectivity index (χ2n) is 7.48. The third-order valence-corrected chi connectivity index (χ3v) is 6.03. The molecule has 4 aliphatic rings. The lowest BCUT2D eigenvalue weighted by molar-refractivity contribution is -0.0680. The number of carbonyl (C=O) groups is 1. The Morgan fingerprint density at radius 3 is 2.43 bits per heavy atom. The Bertz CT molecular complexity index is 490. The number of carbonyl (C=O) groups excluding carboxylic acids is 1. The molecular formula is C16H23N3O2. The predicted molar refractivity (Wildman–Crippen MR) is 78.7 cm³/mol. The molecule has 4 aliphatic carbocycles. The van der Waals surface area contributed by atoms with Gasteiger partial charge in [0.1, 0.15) is 6.26 Å². The van der Waals surface area contributed by atoms with Gasteiger partial charge in [-0.3, -0.25) is 5.32 Å². The quantitative estimate of drug-likeness (QED) is 0.896. The van der Waals surface area contributed by atoms with Crippen LogP contribution in [0, 0.1) is 23.2 Å². The van der Waals surface area contributed by atoms with E-state index in [4.69, 9.17) is 4.52 Å². The van der Waals surface area contributed by atoms with Crippen LogP contribution in [0.5, 0.6) is 0 Å². The monoisotopic (exact) mass is 289 g/mol. The molecule has 0 radical (unpaired) electrons. The molecule has 0 aromatic carbocycles. The maximum absolute atomic E-state index is 12.1. The molecule has 2 amide bonds. The van der Waals surface area contributed by atoms with E-state index >= 15 is 0 Å². The molecule has 4 saturated carbocycles. The van der Waals surface area contributed by atoms with E-state index in [9.17, 15) is 4.79 Å². The molecule has 0 aliphatic heterocycles. The van der Waals surface area contributed by atoms with Gasteiger partial charge < -0.3 is 9.84 Å². The zero-order valence-electron chi connectivity index (χ0n) is 12.5. The van der Waals surface area contributed by atoms with Gasteiger partial charge in [0.15, 0.2) is 5.82 Å². The van der Waals surface area contributed by atoms with Crippen molar-refractivity contribution in [1.82, 2.24) is 10.5 Å². The van der Waals surface area contributed by atoms with Gasteiger partial charge in [-0.15, -0.1) is 0 Å². The minimum Gasteiger partial charge on any atom is -0.363 e. The fourth-order valence-electron chi connectivity index (χ4n) is 5.49. The van der Waals surface area contributed by atoms with Crippen molar-refractivity contribution in [2.45, 2.75) is 51.5 Å². The van der Waals surface area contributed by atoms with Gasteiger partial charge in [-0.25, -0.2) is 4.79 Å². The number of anilines is 1. The molecule has 21 heavy (non-hydrogen) atoms. The molecular weight excluding hydrogens is 266 g/mol. The minimum absolute atomic E-state index is 0.174. The fraction of sp³-hybridized carbons (Fsp3) is 0.750. The molecule has 5 heteroatoms. The summed E-state index contributed by atoms with van der Waals surface area (Å²) in [6.45, 7) is 2.18. The average molecular weight is 289 g/mol. The fourth-order valence-corrected chi connectivity index (χ4v) is 5.49. The third kappa shape index (κ3) is 2.32. The first kappa shape index (κ1) is 13.2. The van der Waals surface area contributed by atoms with Crippen LogP contribution >= 0.6 is 0 Å². The molecule has 1 heterocycles. The number of rotatable bonds is 3. The average Bonchev–Trinajstić information content (AvgIpc) is 2.89. The summed E-state index contributed by atoms with van der Waals surface area (Å²) in [6, 6.07) is 1.69. The molecule has 4 bridgehead atoms. The lowest BCUT2D eigenvalue weighted by atomic mass is 9.48. The smallest absolute Gasteiger partial charge is 0.320 e. The van der Waals surface area contributed by atoms with E-state index in [1.54, 1.807) is 6.07 Å². The molecule has 1 aromatic heterocycles. The van der Waals surface area contributed by atoms with Gasteiger partial charge in [0.2, 0.25) is 0 Å². The largest absolute Gasteiger partial charge is 0.363 e. The maximum Gasteiger partial charge on any atom is 0.320 e. The van der Waals surface area contributed by atoms with Crippen LogP contribution in [0.15, 0.2) is 16.9 Å². The first-order valence-electron chi connectivity index (χ1n) is 8.11. The number of urea groups is 1. The van der Waals surface area contributed by atoms with Gasteiger partial charge in [0.25, 0.3) is 0 Å². The van der Waals surface area contributed by atoms with Gasteiger partial charge in [-0.2, -0.15) is 0 Å².